The van der Waals surface area contributed by atoms with E-state index in [1.54, 1.807) is 4.57 Å². The summed E-state index contributed by atoms with van der Waals surface area (Å²) in [4.78, 5) is 24.9. The van der Waals surface area contributed by atoms with E-state index in [0.29, 0.717) is 17.6 Å². The monoisotopic (exact) mass is 270 g/mol. The van der Waals surface area contributed by atoms with Crippen molar-refractivity contribution in [3.05, 3.63) is 46.4 Å². The molecule has 0 atom stereocenters. The molecule has 104 valence electrons. The van der Waals surface area contributed by atoms with E-state index in [2.05, 4.69) is 5.32 Å². The van der Waals surface area contributed by atoms with Gasteiger partial charge in [0.2, 0.25) is 0 Å². The van der Waals surface area contributed by atoms with Gasteiger partial charge in [-0.25, -0.2) is 0 Å². The summed E-state index contributed by atoms with van der Waals surface area (Å²) in [5, 5.41) is 4.38. The van der Waals surface area contributed by atoms with Crippen molar-refractivity contribution < 1.29 is 4.79 Å². The average molecular weight is 270 g/mol. The molecule has 3 rings (SSSR count). The molecule has 1 heterocycles. The number of nitrogens with one attached hydrogen (secondary N) is 1. The van der Waals surface area contributed by atoms with Gasteiger partial charge >= 0.3 is 0 Å². The molecule has 1 saturated carbocycles. The second-order valence-corrected chi connectivity index (χ2v) is 5.28. The Hall–Kier alpha value is -2.10. The lowest BCUT2D eigenvalue weighted by molar-refractivity contribution is 0.0943. The zero-order valence-corrected chi connectivity index (χ0v) is 11.6. The van der Waals surface area contributed by atoms with Crippen molar-refractivity contribution in [2.24, 2.45) is 0 Å². The summed E-state index contributed by atoms with van der Waals surface area (Å²) < 4.78 is 1.67. The number of carbonyl (C=O) groups excluding carboxylic acids is 1. The van der Waals surface area contributed by atoms with Crippen LogP contribution in [-0.2, 0) is 0 Å². The van der Waals surface area contributed by atoms with Crippen LogP contribution in [0.25, 0.3) is 10.8 Å². The van der Waals surface area contributed by atoms with Gasteiger partial charge in [-0.3, -0.25) is 9.59 Å². The SMILES string of the molecule is CCCNC(=O)c1cc2ccccc2c(=O)n1C1CC1. The molecule has 4 heteroatoms. The minimum absolute atomic E-state index is 0.0488. The molecule has 0 spiro atoms. The van der Waals surface area contributed by atoms with Gasteiger partial charge in [0.25, 0.3) is 11.5 Å². The second-order valence-electron chi connectivity index (χ2n) is 5.28. The fourth-order valence-corrected chi connectivity index (χ4v) is 2.47. The first-order valence-corrected chi connectivity index (χ1v) is 7.15. The normalized spacial score (nSPS) is 14.4. The maximum Gasteiger partial charge on any atom is 0.268 e. The van der Waals surface area contributed by atoms with Gasteiger partial charge in [-0.05, 0) is 36.8 Å². The standard InChI is InChI=1S/C16H18N2O2/c1-2-9-17-15(19)14-10-11-5-3-4-6-13(11)16(20)18(14)12-7-8-12/h3-6,10,12H,2,7-9H2,1H3,(H,17,19). The molecule has 20 heavy (non-hydrogen) atoms. The van der Waals surface area contributed by atoms with E-state index in [4.69, 9.17) is 0 Å². The van der Waals surface area contributed by atoms with Gasteiger partial charge in [0.15, 0.2) is 0 Å². The van der Waals surface area contributed by atoms with Gasteiger partial charge in [0.05, 0.1) is 0 Å². The van der Waals surface area contributed by atoms with Crippen LogP contribution < -0.4 is 10.9 Å². The van der Waals surface area contributed by atoms with Crippen LogP contribution in [-0.4, -0.2) is 17.0 Å². The number of nitrogens with zero attached hydrogens (tertiary/aromatic N) is 1. The lowest BCUT2D eigenvalue weighted by atomic mass is 10.1. The molecule has 1 N–H and O–H groups in total. The molecule has 0 radical (unpaired) electrons. The van der Waals surface area contributed by atoms with Crippen molar-refractivity contribution in [2.75, 3.05) is 6.54 Å². The lowest BCUT2D eigenvalue weighted by Crippen LogP contribution is -2.32. The molecule has 1 aliphatic carbocycles. The van der Waals surface area contributed by atoms with Gasteiger partial charge in [-0.1, -0.05) is 25.1 Å². The van der Waals surface area contributed by atoms with E-state index in [1.165, 1.54) is 0 Å². The Labute approximate surface area is 117 Å². The lowest BCUT2D eigenvalue weighted by Gasteiger charge is -2.13. The van der Waals surface area contributed by atoms with Crippen LogP contribution in [0.3, 0.4) is 0 Å². The molecule has 2 aromatic rings. The molecule has 1 aromatic heterocycles. The summed E-state index contributed by atoms with van der Waals surface area (Å²) in [7, 11) is 0. The highest BCUT2D eigenvalue weighted by Crippen LogP contribution is 2.35. The molecule has 0 saturated heterocycles. The predicted molar refractivity (Wildman–Crippen MR) is 79.1 cm³/mol. The first kappa shape index (κ1) is 12.9. The van der Waals surface area contributed by atoms with Gasteiger partial charge in [0, 0.05) is 18.0 Å². The summed E-state index contributed by atoms with van der Waals surface area (Å²) in [6, 6.07) is 9.47. The molecule has 0 unspecified atom stereocenters. The van der Waals surface area contributed by atoms with Gasteiger partial charge < -0.3 is 9.88 Å². The zero-order chi connectivity index (χ0) is 14.1. The topological polar surface area (TPSA) is 51.1 Å². The van der Waals surface area contributed by atoms with Crippen LogP contribution in [0.1, 0.15) is 42.7 Å². The number of benzene rings is 1. The molecule has 0 bridgehead atoms. The smallest absolute Gasteiger partial charge is 0.268 e. The molecule has 1 aromatic carbocycles. The predicted octanol–water partition coefficient (Wildman–Crippen LogP) is 2.48. The summed E-state index contributed by atoms with van der Waals surface area (Å²) in [6.07, 6.45) is 2.84. The summed E-state index contributed by atoms with van der Waals surface area (Å²) in [5.41, 5.74) is 0.442. The number of hydrogen-bond acceptors (Lipinski definition) is 2. The summed E-state index contributed by atoms with van der Waals surface area (Å²) in [6.45, 7) is 2.64. The fourth-order valence-electron chi connectivity index (χ4n) is 2.47. The molecule has 4 nitrogen and oxygen atoms in total. The largest absolute Gasteiger partial charge is 0.351 e. The summed E-state index contributed by atoms with van der Waals surface area (Å²) >= 11 is 0. The number of rotatable bonds is 4. The van der Waals surface area contributed by atoms with Crippen molar-refractivity contribution in [1.82, 2.24) is 9.88 Å². The third-order valence-corrected chi connectivity index (χ3v) is 3.64. The Morgan fingerprint density at radius 2 is 2.10 bits per heavy atom. The highest BCUT2D eigenvalue weighted by Gasteiger charge is 2.29. The Balaban J connectivity index is 2.16. The minimum atomic E-state index is -0.151. The number of hydrogen-bond donors (Lipinski definition) is 1. The molecule has 0 aliphatic heterocycles. The van der Waals surface area contributed by atoms with Crippen LogP contribution in [0.15, 0.2) is 35.1 Å². The number of pyridine rings is 1. The highest BCUT2D eigenvalue weighted by molar-refractivity contribution is 5.96. The number of amides is 1. The molecular formula is C16H18N2O2. The summed E-state index contributed by atoms with van der Waals surface area (Å²) in [5.74, 6) is -0.151. The maximum atomic E-state index is 12.6. The zero-order valence-electron chi connectivity index (χ0n) is 11.6. The van der Waals surface area contributed by atoms with E-state index in [0.717, 1.165) is 24.6 Å². The Morgan fingerprint density at radius 1 is 1.35 bits per heavy atom. The van der Waals surface area contributed by atoms with E-state index in [1.807, 2.05) is 37.3 Å². The van der Waals surface area contributed by atoms with Crippen molar-refractivity contribution >= 4 is 16.7 Å². The maximum absolute atomic E-state index is 12.6. The number of aromatic nitrogens is 1. The van der Waals surface area contributed by atoms with Crippen molar-refractivity contribution in [3.63, 3.8) is 0 Å². The van der Waals surface area contributed by atoms with Crippen molar-refractivity contribution in [2.45, 2.75) is 32.2 Å². The van der Waals surface area contributed by atoms with E-state index in [9.17, 15) is 9.59 Å². The first-order chi connectivity index (χ1) is 9.72. The second kappa shape index (κ2) is 5.12. The van der Waals surface area contributed by atoms with Crippen molar-refractivity contribution in [1.29, 1.82) is 0 Å². The minimum Gasteiger partial charge on any atom is -0.351 e. The van der Waals surface area contributed by atoms with E-state index in [-0.39, 0.29) is 17.5 Å². The molecule has 1 aliphatic rings. The van der Waals surface area contributed by atoms with Crippen molar-refractivity contribution in [3.8, 4) is 0 Å². The number of fused-ring (bicyclic) bond motifs is 1. The third kappa shape index (κ3) is 2.22. The van der Waals surface area contributed by atoms with Crippen LogP contribution in [0.5, 0.6) is 0 Å². The fraction of sp³-hybridized carbons (Fsp3) is 0.375. The van der Waals surface area contributed by atoms with Gasteiger partial charge in [-0.15, -0.1) is 0 Å². The van der Waals surface area contributed by atoms with E-state index >= 15 is 0 Å². The van der Waals surface area contributed by atoms with Crippen LogP contribution in [0, 0.1) is 0 Å². The Morgan fingerprint density at radius 3 is 2.80 bits per heavy atom. The van der Waals surface area contributed by atoms with Crippen LogP contribution in [0.2, 0.25) is 0 Å². The first-order valence-electron chi connectivity index (χ1n) is 7.15. The average Bonchev–Trinajstić information content (AvgIpc) is 3.29. The molecular weight excluding hydrogens is 252 g/mol. The highest BCUT2D eigenvalue weighted by atomic mass is 16.2. The molecule has 1 fully saturated rings. The Kier molecular flexibility index (Phi) is 3.30. The third-order valence-electron chi connectivity index (χ3n) is 3.64. The van der Waals surface area contributed by atoms with Gasteiger partial charge in [0.1, 0.15) is 5.69 Å². The van der Waals surface area contributed by atoms with Gasteiger partial charge in [-0.2, -0.15) is 0 Å². The van der Waals surface area contributed by atoms with Crippen LogP contribution >= 0.6 is 0 Å². The Bertz CT molecular complexity index is 714. The number of carbonyl (C=O) groups is 1. The van der Waals surface area contributed by atoms with Crippen LogP contribution in [0.4, 0.5) is 0 Å². The van der Waals surface area contributed by atoms with E-state index < -0.39 is 0 Å². The quantitative estimate of drug-likeness (QED) is 0.928. The molecule has 1 amide bonds.